The molecule has 0 amide bonds. The molecule has 29 heavy (non-hydrogen) atoms. The van der Waals surface area contributed by atoms with Crippen LogP contribution in [0.15, 0.2) is 17.1 Å². The molecule has 2 heterocycles. The highest BCUT2D eigenvalue weighted by atomic mass is 35.5. The number of halogens is 1. The molecule has 0 radical (unpaired) electrons. The summed E-state index contributed by atoms with van der Waals surface area (Å²) in [7, 11) is 1.69. The van der Waals surface area contributed by atoms with Gasteiger partial charge in [0.1, 0.15) is 13.2 Å². The summed E-state index contributed by atoms with van der Waals surface area (Å²) in [4.78, 5) is 7.16. The quantitative estimate of drug-likeness (QED) is 0.373. The van der Waals surface area contributed by atoms with Crippen molar-refractivity contribution in [3.05, 3.63) is 22.7 Å². The summed E-state index contributed by atoms with van der Waals surface area (Å²) in [6.07, 6.45) is 1.91. The number of nitrogens with one attached hydrogen (secondary N) is 1. The SMILES string of the molecule is CCNC(=NCCc1cc(Cl)c2c(c1)OCCO2)N1CCC(COCCOC)C1. The van der Waals surface area contributed by atoms with Gasteiger partial charge in [-0.1, -0.05) is 11.6 Å². The second-order valence-electron chi connectivity index (χ2n) is 7.26. The smallest absolute Gasteiger partial charge is 0.193 e. The number of guanidine groups is 1. The number of rotatable bonds is 9. The van der Waals surface area contributed by atoms with Gasteiger partial charge in [0.05, 0.1) is 24.8 Å². The van der Waals surface area contributed by atoms with Crippen LogP contribution in [0.5, 0.6) is 11.5 Å². The molecule has 0 aliphatic carbocycles. The fourth-order valence-corrected chi connectivity index (χ4v) is 3.87. The summed E-state index contributed by atoms with van der Waals surface area (Å²) >= 11 is 6.34. The number of ether oxygens (including phenoxy) is 4. The lowest BCUT2D eigenvalue weighted by Crippen LogP contribution is -2.40. The third kappa shape index (κ3) is 6.39. The molecule has 1 aromatic rings. The Morgan fingerprint density at radius 3 is 3.00 bits per heavy atom. The van der Waals surface area contributed by atoms with E-state index in [1.165, 1.54) is 0 Å². The highest BCUT2D eigenvalue weighted by Gasteiger charge is 2.25. The lowest BCUT2D eigenvalue weighted by molar-refractivity contribution is 0.0536. The molecule has 162 valence electrons. The summed E-state index contributed by atoms with van der Waals surface area (Å²) in [6.45, 7) is 8.76. The minimum Gasteiger partial charge on any atom is -0.486 e. The van der Waals surface area contributed by atoms with E-state index in [1.54, 1.807) is 7.11 Å². The van der Waals surface area contributed by atoms with Crippen molar-refractivity contribution >= 4 is 17.6 Å². The summed E-state index contributed by atoms with van der Waals surface area (Å²) in [5.41, 5.74) is 1.10. The Morgan fingerprint density at radius 2 is 2.17 bits per heavy atom. The summed E-state index contributed by atoms with van der Waals surface area (Å²) in [5.74, 6) is 2.88. The van der Waals surface area contributed by atoms with Gasteiger partial charge in [0.25, 0.3) is 0 Å². The van der Waals surface area contributed by atoms with Crippen LogP contribution in [0.2, 0.25) is 5.02 Å². The zero-order valence-corrected chi connectivity index (χ0v) is 18.2. The largest absolute Gasteiger partial charge is 0.486 e. The molecule has 0 spiro atoms. The van der Waals surface area contributed by atoms with Gasteiger partial charge < -0.3 is 29.2 Å². The highest BCUT2D eigenvalue weighted by molar-refractivity contribution is 6.32. The first-order valence-corrected chi connectivity index (χ1v) is 10.8. The monoisotopic (exact) mass is 425 g/mol. The third-order valence-corrected chi connectivity index (χ3v) is 5.31. The Labute approximate surface area is 178 Å². The number of hydrogen-bond donors (Lipinski definition) is 1. The molecule has 1 saturated heterocycles. The molecule has 1 aromatic carbocycles. The van der Waals surface area contributed by atoms with Gasteiger partial charge in [0, 0.05) is 39.2 Å². The van der Waals surface area contributed by atoms with Crippen molar-refractivity contribution in [3.8, 4) is 11.5 Å². The maximum atomic E-state index is 6.34. The van der Waals surface area contributed by atoms with Crippen LogP contribution in [-0.2, 0) is 15.9 Å². The van der Waals surface area contributed by atoms with Gasteiger partial charge in [-0.05, 0) is 37.5 Å². The van der Waals surface area contributed by atoms with E-state index in [9.17, 15) is 0 Å². The minimum absolute atomic E-state index is 0.535. The van der Waals surface area contributed by atoms with Gasteiger partial charge in [-0.2, -0.15) is 0 Å². The van der Waals surface area contributed by atoms with Crippen LogP contribution >= 0.6 is 11.6 Å². The maximum Gasteiger partial charge on any atom is 0.193 e. The van der Waals surface area contributed by atoms with Crippen LogP contribution in [0.25, 0.3) is 0 Å². The lowest BCUT2D eigenvalue weighted by atomic mass is 10.1. The normalized spacial score (nSPS) is 18.9. The van der Waals surface area contributed by atoms with Gasteiger partial charge in [-0.25, -0.2) is 0 Å². The van der Waals surface area contributed by atoms with E-state index in [1.807, 2.05) is 12.1 Å². The molecule has 3 rings (SSSR count). The second kappa shape index (κ2) is 11.5. The van der Waals surface area contributed by atoms with E-state index < -0.39 is 0 Å². The molecule has 2 aliphatic heterocycles. The average molecular weight is 426 g/mol. The molecule has 1 unspecified atom stereocenters. The van der Waals surface area contributed by atoms with Gasteiger partial charge >= 0.3 is 0 Å². The van der Waals surface area contributed by atoms with Crippen LogP contribution in [0.1, 0.15) is 18.9 Å². The van der Waals surface area contributed by atoms with E-state index in [0.29, 0.717) is 49.7 Å². The Bertz CT molecular complexity index is 686. The van der Waals surface area contributed by atoms with Crippen LogP contribution in [0, 0.1) is 5.92 Å². The van der Waals surface area contributed by atoms with Crippen LogP contribution < -0.4 is 14.8 Å². The van der Waals surface area contributed by atoms with Crippen molar-refractivity contribution in [1.82, 2.24) is 10.2 Å². The highest BCUT2D eigenvalue weighted by Crippen LogP contribution is 2.38. The fraction of sp³-hybridized carbons (Fsp3) is 0.667. The van der Waals surface area contributed by atoms with E-state index >= 15 is 0 Å². The van der Waals surface area contributed by atoms with Gasteiger partial charge in [-0.3, -0.25) is 4.99 Å². The van der Waals surface area contributed by atoms with Crippen molar-refractivity contribution in [2.75, 3.05) is 66.3 Å². The van der Waals surface area contributed by atoms with Crippen molar-refractivity contribution in [3.63, 3.8) is 0 Å². The molecule has 1 atom stereocenters. The molecule has 1 N–H and O–H groups in total. The van der Waals surface area contributed by atoms with Crippen molar-refractivity contribution in [1.29, 1.82) is 0 Å². The first-order valence-electron chi connectivity index (χ1n) is 10.4. The van der Waals surface area contributed by atoms with Crippen LogP contribution in [0.4, 0.5) is 0 Å². The summed E-state index contributed by atoms with van der Waals surface area (Å²) in [5, 5.41) is 4.01. The number of aliphatic imine (C=N–C) groups is 1. The zero-order chi connectivity index (χ0) is 20.5. The maximum absolute atomic E-state index is 6.34. The summed E-state index contributed by atoms with van der Waals surface area (Å²) < 4.78 is 22.0. The Hall–Kier alpha value is -1.70. The number of hydrogen-bond acceptors (Lipinski definition) is 5. The molecule has 1 fully saturated rings. The van der Waals surface area contributed by atoms with Crippen molar-refractivity contribution in [2.24, 2.45) is 10.9 Å². The number of fused-ring (bicyclic) bond motifs is 1. The van der Waals surface area contributed by atoms with Crippen molar-refractivity contribution < 1.29 is 18.9 Å². The predicted molar refractivity (Wildman–Crippen MR) is 114 cm³/mol. The molecule has 0 aromatic heterocycles. The molecular formula is C21H32ClN3O4. The number of methoxy groups -OCH3 is 1. The molecule has 2 aliphatic rings. The molecule has 0 bridgehead atoms. The van der Waals surface area contributed by atoms with E-state index in [-0.39, 0.29) is 0 Å². The number of likely N-dealkylation sites (tertiary alicyclic amines) is 1. The second-order valence-corrected chi connectivity index (χ2v) is 7.66. The van der Waals surface area contributed by atoms with E-state index in [4.69, 9.17) is 35.5 Å². The van der Waals surface area contributed by atoms with Gasteiger partial charge in [0.2, 0.25) is 0 Å². The molecular weight excluding hydrogens is 394 g/mol. The minimum atomic E-state index is 0.535. The summed E-state index contributed by atoms with van der Waals surface area (Å²) in [6, 6.07) is 3.95. The van der Waals surface area contributed by atoms with Crippen LogP contribution in [-0.4, -0.2) is 77.2 Å². The number of nitrogens with zero attached hydrogens (tertiary/aromatic N) is 2. The zero-order valence-electron chi connectivity index (χ0n) is 17.4. The predicted octanol–water partition coefficient (Wildman–Crippen LogP) is 2.60. The molecule has 8 heteroatoms. The topological polar surface area (TPSA) is 64.6 Å². The first kappa shape index (κ1) is 22.0. The Kier molecular flexibility index (Phi) is 8.70. The van der Waals surface area contributed by atoms with Crippen molar-refractivity contribution in [2.45, 2.75) is 19.8 Å². The molecule has 7 nitrogen and oxygen atoms in total. The van der Waals surface area contributed by atoms with Crippen LogP contribution in [0.3, 0.4) is 0 Å². The van der Waals surface area contributed by atoms with Gasteiger partial charge in [-0.15, -0.1) is 0 Å². The number of benzene rings is 1. The van der Waals surface area contributed by atoms with Gasteiger partial charge in [0.15, 0.2) is 17.5 Å². The van der Waals surface area contributed by atoms with E-state index in [2.05, 4.69) is 17.1 Å². The first-order chi connectivity index (χ1) is 14.2. The standard InChI is InChI=1S/C21H32ClN3O4/c1-3-23-21(25-7-5-17(14-25)15-27-9-8-26-2)24-6-4-16-12-18(22)20-19(13-16)28-10-11-29-20/h12-13,17H,3-11,14-15H2,1-2H3,(H,23,24). The van der Waals surface area contributed by atoms with E-state index in [0.717, 1.165) is 56.4 Å². The third-order valence-electron chi connectivity index (χ3n) is 5.02. The Morgan fingerprint density at radius 1 is 1.31 bits per heavy atom. The molecule has 0 saturated carbocycles. The Balaban J connectivity index is 1.53. The fourth-order valence-electron chi connectivity index (χ4n) is 3.58. The lowest BCUT2D eigenvalue weighted by Gasteiger charge is -2.22. The average Bonchev–Trinajstić information content (AvgIpc) is 3.19.